The number of aryl methyl sites for hydroxylation is 1. The summed E-state index contributed by atoms with van der Waals surface area (Å²) in [6.45, 7) is 8.58. The molecule has 2 fully saturated rings. The number of likely N-dealkylation sites (tertiary alicyclic amines) is 2. The van der Waals surface area contributed by atoms with Gasteiger partial charge in [0.15, 0.2) is 0 Å². The molecule has 5 nitrogen and oxygen atoms in total. The van der Waals surface area contributed by atoms with E-state index in [9.17, 15) is 9.59 Å². The van der Waals surface area contributed by atoms with Crippen LogP contribution in [0, 0.1) is 12.3 Å². The molecule has 1 spiro atoms. The monoisotopic (exact) mass is 349 g/mol. The summed E-state index contributed by atoms with van der Waals surface area (Å²) in [6, 6.07) is 0. The lowest BCUT2D eigenvalue weighted by atomic mass is 9.77. The number of hydrogen-bond donors (Lipinski definition) is 0. The molecule has 2 amide bonds. The Balaban J connectivity index is 1.60. The standard InChI is InChI=1S/C18H27N3O2S/c1-12(2)16-13(3)24-14(19-16)11-15(22)21-9-6-18(7-10-21)5-8-20(4)17(18)23/h12H,5-11H2,1-4H3. The second-order valence-electron chi connectivity index (χ2n) is 7.52. The third-order valence-corrected chi connectivity index (χ3v) is 6.51. The van der Waals surface area contributed by atoms with Crippen LogP contribution in [0.4, 0.5) is 0 Å². The first-order valence-corrected chi connectivity index (χ1v) is 9.63. The fourth-order valence-electron chi connectivity index (χ4n) is 3.96. The summed E-state index contributed by atoms with van der Waals surface area (Å²) in [6.07, 6.45) is 2.93. The first-order chi connectivity index (χ1) is 11.3. The molecule has 2 aliphatic rings. The SMILES string of the molecule is Cc1sc(CC(=O)N2CCC3(CCN(C)C3=O)CC2)nc1C(C)C. The van der Waals surface area contributed by atoms with E-state index in [0.717, 1.165) is 36.5 Å². The minimum absolute atomic E-state index is 0.146. The van der Waals surface area contributed by atoms with Crippen molar-refractivity contribution in [3.05, 3.63) is 15.6 Å². The molecule has 0 radical (unpaired) electrons. The molecule has 2 aliphatic heterocycles. The molecule has 132 valence electrons. The average Bonchev–Trinajstić information content (AvgIpc) is 3.04. The van der Waals surface area contributed by atoms with Gasteiger partial charge in [0.1, 0.15) is 5.01 Å². The predicted molar refractivity (Wildman–Crippen MR) is 95.1 cm³/mol. The van der Waals surface area contributed by atoms with Gasteiger partial charge in [0.25, 0.3) is 0 Å². The molecule has 0 atom stereocenters. The highest BCUT2D eigenvalue weighted by Gasteiger charge is 2.47. The Kier molecular flexibility index (Phi) is 4.69. The van der Waals surface area contributed by atoms with E-state index in [-0.39, 0.29) is 17.2 Å². The van der Waals surface area contributed by atoms with E-state index in [2.05, 4.69) is 25.8 Å². The number of nitrogens with zero attached hydrogens (tertiary/aromatic N) is 3. The number of aromatic nitrogens is 1. The van der Waals surface area contributed by atoms with Crippen LogP contribution in [0.15, 0.2) is 0 Å². The van der Waals surface area contributed by atoms with Crippen LogP contribution in [0.3, 0.4) is 0 Å². The summed E-state index contributed by atoms with van der Waals surface area (Å²) in [5.41, 5.74) is 0.911. The summed E-state index contributed by atoms with van der Waals surface area (Å²) < 4.78 is 0. The molecule has 3 heterocycles. The Morgan fingerprint density at radius 3 is 2.38 bits per heavy atom. The molecule has 3 rings (SSSR count). The minimum atomic E-state index is -0.200. The van der Waals surface area contributed by atoms with Gasteiger partial charge in [-0.1, -0.05) is 13.8 Å². The van der Waals surface area contributed by atoms with E-state index in [4.69, 9.17) is 0 Å². The summed E-state index contributed by atoms with van der Waals surface area (Å²) in [5, 5.41) is 0.915. The largest absolute Gasteiger partial charge is 0.345 e. The van der Waals surface area contributed by atoms with Gasteiger partial charge in [-0.15, -0.1) is 11.3 Å². The second-order valence-corrected chi connectivity index (χ2v) is 8.81. The highest BCUT2D eigenvalue weighted by atomic mass is 32.1. The van der Waals surface area contributed by atoms with E-state index in [1.54, 1.807) is 11.3 Å². The van der Waals surface area contributed by atoms with Crippen LogP contribution in [-0.4, -0.2) is 53.3 Å². The van der Waals surface area contributed by atoms with Gasteiger partial charge < -0.3 is 9.80 Å². The molecule has 0 aromatic carbocycles. The Bertz CT molecular complexity index is 645. The molecule has 0 unspecified atom stereocenters. The molecule has 0 N–H and O–H groups in total. The van der Waals surface area contributed by atoms with Crippen LogP contribution < -0.4 is 0 Å². The van der Waals surface area contributed by atoms with Gasteiger partial charge in [0.2, 0.25) is 11.8 Å². The van der Waals surface area contributed by atoms with Crippen LogP contribution in [0.1, 0.15) is 54.6 Å². The summed E-state index contributed by atoms with van der Waals surface area (Å²) in [4.78, 5) is 34.6. The van der Waals surface area contributed by atoms with Gasteiger partial charge in [-0.25, -0.2) is 4.98 Å². The van der Waals surface area contributed by atoms with Crippen molar-refractivity contribution in [3.8, 4) is 0 Å². The molecule has 0 saturated carbocycles. The van der Waals surface area contributed by atoms with Crippen molar-refractivity contribution >= 4 is 23.2 Å². The number of carbonyl (C=O) groups excluding carboxylic acids is 2. The van der Waals surface area contributed by atoms with E-state index in [1.807, 2.05) is 16.8 Å². The first kappa shape index (κ1) is 17.4. The lowest BCUT2D eigenvalue weighted by Gasteiger charge is -2.37. The zero-order valence-corrected chi connectivity index (χ0v) is 15.9. The van der Waals surface area contributed by atoms with Crippen LogP contribution >= 0.6 is 11.3 Å². The van der Waals surface area contributed by atoms with E-state index in [0.29, 0.717) is 25.4 Å². The highest BCUT2D eigenvalue weighted by Crippen LogP contribution is 2.41. The lowest BCUT2D eigenvalue weighted by molar-refractivity contribution is -0.141. The normalized spacial score (nSPS) is 20.5. The summed E-state index contributed by atoms with van der Waals surface area (Å²) in [5.74, 6) is 0.810. The number of hydrogen-bond acceptors (Lipinski definition) is 4. The molecule has 1 aromatic rings. The smallest absolute Gasteiger partial charge is 0.229 e. The van der Waals surface area contributed by atoms with Gasteiger partial charge in [-0.3, -0.25) is 9.59 Å². The third-order valence-electron chi connectivity index (χ3n) is 5.53. The van der Waals surface area contributed by atoms with Gasteiger partial charge in [0.05, 0.1) is 17.5 Å². The number of rotatable bonds is 3. The molecular formula is C18H27N3O2S. The molecule has 0 aliphatic carbocycles. The van der Waals surface area contributed by atoms with Crippen molar-refractivity contribution in [1.82, 2.24) is 14.8 Å². The average molecular weight is 350 g/mol. The Morgan fingerprint density at radius 2 is 1.88 bits per heavy atom. The van der Waals surface area contributed by atoms with Crippen molar-refractivity contribution in [3.63, 3.8) is 0 Å². The Labute approximate surface area is 148 Å². The quantitative estimate of drug-likeness (QED) is 0.843. The van der Waals surface area contributed by atoms with Crippen LogP contribution in [-0.2, 0) is 16.0 Å². The van der Waals surface area contributed by atoms with E-state index in [1.165, 1.54) is 4.88 Å². The van der Waals surface area contributed by atoms with Gasteiger partial charge >= 0.3 is 0 Å². The summed E-state index contributed by atoms with van der Waals surface area (Å²) in [7, 11) is 1.88. The van der Waals surface area contributed by atoms with Crippen LogP contribution in [0.2, 0.25) is 0 Å². The number of piperidine rings is 1. The molecule has 2 saturated heterocycles. The maximum absolute atomic E-state index is 12.6. The number of thiazole rings is 1. The van der Waals surface area contributed by atoms with Crippen LogP contribution in [0.5, 0.6) is 0 Å². The van der Waals surface area contributed by atoms with Crippen molar-refractivity contribution < 1.29 is 9.59 Å². The Hall–Kier alpha value is -1.43. The minimum Gasteiger partial charge on any atom is -0.345 e. The topological polar surface area (TPSA) is 53.5 Å². The van der Waals surface area contributed by atoms with Crippen molar-refractivity contribution in [1.29, 1.82) is 0 Å². The molecule has 6 heteroatoms. The molecule has 1 aromatic heterocycles. The van der Waals surface area contributed by atoms with Crippen molar-refractivity contribution in [2.75, 3.05) is 26.7 Å². The zero-order chi connectivity index (χ0) is 17.5. The van der Waals surface area contributed by atoms with Crippen molar-refractivity contribution in [2.45, 2.75) is 52.4 Å². The van der Waals surface area contributed by atoms with E-state index < -0.39 is 0 Å². The maximum Gasteiger partial charge on any atom is 0.229 e. The predicted octanol–water partition coefficient (Wildman–Crippen LogP) is 2.59. The van der Waals surface area contributed by atoms with E-state index >= 15 is 0 Å². The molecule has 24 heavy (non-hydrogen) atoms. The maximum atomic E-state index is 12.6. The van der Waals surface area contributed by atoms with Crippen LogP contribution in [0.25, 0.3) is 0 Å². The fourth-order valence-corrected chi connectivity index (χ4v) is 5.04. The summed E-state index contributed by atoms with van der Waals surface area (Å²) >= 11 is 1.64. The molecular weight excluding hydrogens is 322 g/mol. The van der Waals surface area contributed by atoms with Gasteiger partial charge in [0, 0.05) is 31.6 Å². The molecule has 0 bridgehead atoms. The fraction of sp³-hybridized carbons (Fsp3) is 0.722. The zero-order valence-electron chi connectivity index (χ0n) is 15.1. The van der Waals surface area contributed by atoms with Crippen molar-refractivity contribution in [2.24, 2.45) is 5.41 Å². The number of carbonyl (C=O) groups is 2. The number of amides is 2. The second kappa shape index (κ2) is 6.47. The highest BCUT2D eigenvalue weighted by molar-refractivity contribution is 7.11. The third kappa shape index (κ3) is 3.08. The first-order valence-electron chi connectivity index (χ1n) is 8.82. The van der Waals surface area contributed by atoms with Gasteiger partial charge in [-0.05, 0) is 32.1 Å². The lowest BCUT2D eigenvalue weighted by Crippen LogP contribution is -2.46. The van der Waals surface area contributed by atoms with Gasteiger partial charge in [-0.2, -0.15) is 0 Å². The Morgan fingerprint density at radius 1 is 1.25 bits per heavy atom.